The van der Waals surface area contributed by atoms with Gasteiger partial charge in [0.1, 0.15) is 0 Å². The van der Waals surface area contributed by atoms with Crippen molar-refractivity contribution in [1.82, 2.24) is 15.0 Å². The summed E-state index contributed by atoms with van der Waals surface area (Å²) in [5, 5.41) is 12.4. The van der Waals surface area contributed by atoms with E-state index in [9.17, 15) is 9.59 Å². The van der Waals surface area contributed by atoms with Crippen LogP contribution in [-0.4, -0.2) is 38.6 Å². The number of hydrogen-bond donors (Lipinski definition) is 1. The van der Waals surface area contributed by atoms with Crippen molar-refractivity contribution in [2.75, 3.05) is 6.54 Å². The Kier molecular flexibility index (Phi) is 5.47. The normalized spacial score (nSPS) is 10.7. The first kappa shape index (κ1) is 15.1. The van der Waals surface area contributed by atoms with Gasteiger partial charge in [0.15, 0.2) is 5.82 Å². The molecule has 1 aromatic heterocycles. The van der Waals surface area contributed by atoms with Crippen molar-refractivity contribution in [2.45, 2.75) is 46.1 Å². The molecule has 0 unspecified atom stereocenters. The van der Waals surface area contributed by atoms with Crippen LogP contribution < -0.4 is 0 Å². The molecule has 7 heteroatoms. The molecule has 7 nitrogen and oxygen atoms in total. The molecular formula is C12H19N3O4. The van der Waals surface area contributed by atoms with E-state index in [1.54, 1.807) is 0 Å². The van der Waals surface area contributed by atoms with Gasteiger partial charge in [0.2, 0.25) is 11.8 Å². The number of aromatic nitrogens is 2. The number of carboxylic acids is 1. The molecule has 0 fully saturated rings. The lowest BCUT2D eigenvalue weighted by molar-refractivity contribution is -0.141. The third kappa shape index (κ3) is 4.69. The van der Waals surface area contributed by atoms with E-state index >= 15 is 0 Å². The topological polar surface area (TPSA) is 96.5 Å². The molecule has 1 rings (SSSR count). The van der Waals surface area contributed by atoms with Crippen LogP contribution in [0.1, 0.15) is 51.2 Å². The second kappa shape index (κ2) is 6.86. The van der Waals surface area contributed by atoms with Crippen molar-refractivity contribution in [1.29, 1.82) is 0 Å². The SMILES string of the molecule is CCN(Cc1nc(C(C)C)no1)C(=O)CCC(=O)O. The van der Waals surface area contributed by atoms with Crippen molar-refractivity contribution < 1.29 is 19.2 Å². The first-order valence-corrected chi connectivity index (χ1v) is 6.26. The minimum Gasteiger partial charge on any atom is -0.481 e. The van der Waals surface area contributed by atoms with Crippen LogP contribution in [0, 0.1) is 0 Å². The van der Waals surface area contributed by atoms with Crippen molar-refractivity contribution >= 4 is 11.9 Å². The standard InChI is InChI=1S/C12H19N3O4/c1-4-15(10(16)5-6-11(17)18)7-9-13-12(8(2)3)14-19-9/h8H,4-7H2,1-3H3,(H,17,18). The molecule has 0 aliphatic carbocycles. The molecule has 0 radical (unpaired) electrons. The quantitative estimate of drug-likeness (QED) is 0.803. The van der Waals surface area contributed by atoms with Crippen LogP contribution in [0.2, 0.25) is 0 Å². The van der Waals surface area contributed by atoms with Crippen molar-refractivity contribution in [3.63, 3.8) is 0 Å². The van der Waals surface area contributed by atoms with E-state index < -0.39 is 5.97 Å². The zero-order chi connectivity index (χ0) is 14.4. The fraction of sp³-hybridized carbons (Fsp3) is 0.667. The highest BCUT2D eigenvalue weighted by Gasteiger charge is 2.17. The second-order valence-corrected chi connectivity index (χ2v) is 4.50. The number of carbonyl (C=O) groups excluding carboxylic acids is 1. The third-order valence-electron chi connectivity index (χ3n) is 2.61. The zero-order valence-corrected chi connectivity index (χ0v) is 11.4. The Balaban J connectivity index is 2.59. The van der Waals surface area contributed by atoms with Gasteiger partial charge in [0.05, 0.1) is 13.0 Å². The molecule has 0 aliphatic rings. The van der Waals surface area contributed by atoms with Crippen molar-refractivity contribution in [2.24, 2.45) is 0 Å². The predicted octanol–water partition coefficient (Wildman–Crippen LogP) is 1.41. The van der Waals surface area contributed by atoms with Gasteiger partial charge in [-0.15, -0.1) is 0 Å². The molecule has 1 N–H and O–H groups in total. The lowest BCUT2D eigenvalue weighted by Gasteiger charge is -2.18. The van der Waals surface area contributed by atoms with Gasteiger partial charge in [-0.1, -0.05) is 19.0 Å². The average Bonchev–Trinajstić information content (AvgIpc) is 2.81. The predicted molar refractivity (Wildman–Crippen MR) is 66.3 cm³/mol. The van der Waals surface area contributed by atoms with Crippen LogP contribution in [0.15, 0.2) is 4.52 Å². The summed E-state index contributed by atoms with van der Waals surface area (Å²) in [5.74, 6) is -0.0768. The molecular weight excluding hydrogens is 250 g/mol. The Bertz CT molecular complexity index is 442. The molecule has 0 bridgehead atoms. The van der Waals surface area contributed by atoms with Gasteiger partial charge in [0.25, 0.3) is 0 Å². The summed E-state index contributed by atoms with van der Waals surface area (Å²) in [4.78, 5) is 27.9. The van der Waals surface area contributed by atoms with Gasteiger partial charge < -0.3 is 14.5 Å². The highest BCUT2D eigenvalue weighted by Crippen LogP contribution is 2.11. The van der Waals surface area contributed by atoms with Crippen LogP contribution in [-0.2, 0) is 16.1 Å². The molecule has 1 amide bonds. The number of amides is 1. The van der Waals surface area contributed by atoms with Crippen LogP contribution >= 0.6 is 0 Å². The lowest BCUT2D eigenvalue weighted by Crippen LogP contribution is -2.30. The van der Waals surface area contributed by atoms with E-state index in [1.165, 1.54) is 4.90 Å². The number of rotatable bonds is 7. The molecule has 0 aliphatic heterocycles. The molecule has 106 valence electrons. The second-order valence-electron chi connectivity index (χ2n) is 4.50. The molecule has 1 heterocycles. The first-order chi connectivity index (χ1) is 8.93. The van der Waals surface area contributed by atoms with E-state index in [4.69, 9.17) is 9.63 Å². The maximum absolute atomic E-state index is 11.8. The fourth-order valence-corrected chi connectivity index (χ4v) is 1.48. The van der Waals surface area contributed by atoms with E-state index in [0.717, 1.165) is 0 Å². The highest BCUT2D eigenvalue weighted by atomic mass is 16.5. The van der Waals surface area contributed by atoms with Gasteiger partial charge in [-0.25, -0.2) is 0 Å². The Morgan fingerprint density at radius 3 is 2.53 bits per heavy atom. The Labute approximate surface area is 111 Å². The number of carbonyl (C=O) groups is 2. The number of hydrogen-bond acceptors (Lipinski definition) is 5. The van der Waals surface area contributed by atoms with Gasteiger partial charge in [-0.05, 0) is 6.92 Å². The number of nitrogens with zero attached hydrogens (tertiary/aromatic N) is 3. The monoisotopic (exact) mass is 269 g/mol. The van der Waals surface area contributed by atoms with Crippen LogP contribution in [0.25, 0.3) is 0 Å². The third-order valence-corrected chi connectivity index (χ3v) is 2.61. The molecule has 0 saturated carbocycles. The summed E-state index contributed by atoms with van der Waals surface area (Å²) in [6, 6.07) is 0. The minimum absolute atomic E-state index is 0.0195. The number of carboxylic acid groups (broad SMARTS) is 1. The lowest BCUT2D eigenvalue weighted by atomic mass is 10.2. The maximum atomic E-state index is 11.8. The molecule has 0 aromatic carbocycles. The maximum Gasteiger partial charge on any atom is 0.303 e. The van der Waals surface area contributed by atoms with Gasteiger partial charge in [0, 0.05) is 18.9 Å². The van der Waals surface area contributed by atoms with Gasteiger partial charge in [-0.2, -0.15) is 4.98 Å². The molecule has 19 heavy (non-hydrogen) atoms. The molecule has 1 aromatic rings. The van der Waals surface area contributed by atoms with Crippen LogP contribution in [0.4, 0.5) is 0 Å². The highest BCUT2D eigenvalue weighted by molar-refractivity contribution is 5.80. The van der Waals surface area contributed by atoms with Crippen LogP contribution in [0.5, 0.6) is 0 Å². The van der Waals surface area contributed by atoms with E-state index in [2.05, 4.69) is 10.1 Å². The van der Waals surface area contributed by atoms with Crippen molar-refractivity contribution in [3.05, 3.63) is 11.7 Å². The van der Waals surface area contributed by atoms with E-state index in [-0.39, 0.29) is 31.2 Å². The smallest absolute Gasteiger partial charge is 0.303 e. The molecule has 0 atom stereocenters. The minimum atomic E-state index is -0.982. The van der Waals surface area contributed by atoms with Crippen LogP contribution in [0.3, 0.4) is 0 Å². The van der Waals surface area contributed by atoms with Gasteiger partial charge in [-0.3, -0.25) is 9.59 Å². The summed E-state index contributed by atoms with van der Waals surface area (Å²) in [6.45, 7) is 6.40. The summed E-state index contributed by atoms with van der Waals surface area (Å²) in [7, 11) is 0. The summed E-state index contributed by atoms with van der Waals surface area (Å²) < 4.78 is 5.06. The zero-order valence-electron chi connectivity index (χ0n) is 11.4. The first-order valence-electron chi connectivity index (χ1n) is 6.26. The molecule has 0 saturated heterocycles. The summed E-state index contributed by atoms with van der Waals surface area (Å²) >= 11 is 0. The Morgan fingerprint density at radius 2 is 2.05 bits per heavy atom. The average molecular weight is 269 g/mol. The summed E-state index contributed by atoms with van der Waals surface area (Å²) in [6.07, 6.45) is -0.190. The van der Waals surface area contributed by atoms with E-state index in [1.807, 2.05) is 20.8 Å². The fourth-order valence-electron chi connectivity index (χ4n) is 1.48. The Hall–Kier alpha value is -1.92. The largest absolute Gasteiger partial charge is 0.481 e. The Morgan fingerprint density at radius 1 is 1.37 bits per heavy atom. The molecule has 0 spiro atoms. The number of aliphatic carboxylic acids is 1. The van der Waals surface area contributed by atoms with Gasteiger partial charge >= 0.3 is 5.97 Å². The van der Waals surface area contributed by atoms with E-state index in [0.29, 0.717) is 18.3 Å². The van der Waals surface area contributed by atoms with Crippen molar-refractivity contribution in [3.8, 4) is 0 Å². The summed E-state index contributed by atoms with van der Waals surface area (Å²) in [5.41, 5.74) is 0.